The fourth-order valence-electron chi connectivity index (χ4n) is 1.14. The minimum absolute atomic E-state index is 0.337. The lowest BCUT2D eigenvalue weighted by Gasteiger charge is -2.03. The predicted molar refractivity (Wildman–Crippen MR) is 57.3 cm³/mol. The van der Waals surface area contributed by atoms with E-state index in [1.165, 1.54) is 18.4 Å². The summed E-state index contributed by atoms with van der Waals surface area (Å²) in [5, 5.41) is 4.08. The van der Waals surface area contributed by atoms with Gasteiger partial charge < -0.3 is 10.1 Å². The second-order valence-corrected chi connectivity index (χ2v) is 4.89. The molecule has 0 spiro atoms. The normalized spacial score (nSPS) is 15.3. The first-order chi connectivity index (χ1) is 6.70. The van der Waals surface area contributed by atoms with Crippen LogP contribution in [0.25, 0.3) is 0 Å². The molecule has 1 N–H and O–H groups in total. The maximum absolute atomic E-state index is 11.3. The Kier molecular flexibility index (Phi) is 2.65. The van der Waals surface area contributed by atoms with Gasteiger partial charge in [0, 0.05) is 6.04 Å². The van der Waals surface area contributed by atoms with Gasteiger partial charge >= 0.3 is 5.97 Å². The van der Waals surface area contributed by atoms with Crippen LogP contribution in [-0.2, 0) is 4.74 Å². The van der Waals surface area contributed by atoms with E-state index in [4.69, 9.17) is 11.6 Å². The number of esters is 1. The number of rotatable bonds is 3. The van der Waals surface area contributed by atoms with Crippen molar-refractivity contribution in [1.82, 2.24) is 0 Å². The molecule has 2 rings (SSSR count). The largest absolute Gasteiger partial charge is 0.465 e. The molecule has 1 aliphatic carbocycles. The highest BCUT2D eigenvalue weighted by Crippen LogP contribution is 2.35. The molecule has 1 fully saturated rings. The van der Waals surface area contributed by atoms with Crippen molar-refractivity contribution in [2.75, 3.05) is 12.4 Å². The standard InChI is InChI=1S/C9H10ClNO2S/c1-13-9(12)6-4-7(10)14-8(6)11-5-2-3-5/h4-5,11H,2-3H2,1H3. The zero-order chi connectivity index (χ0) is 10.1. The van der Waals surface area contributed by atoms with Crippen LogP contribution in [0.15, 0.2) is 6.07 Å². The minimum atomic E-state index is -0.337. The molecular formula is C9H10ClNO2S. The summed E-state index contributed by atoms with van der Waals surface area (Å²) < 4.78 is 5.27. The zero-order valence-corrected chi connectivity index (χ0v) is 9.24. The average molecular weight is 232 g/mol. The third-order valence-corrected chi connectivity index (χ3v) is 3.22. The van der Waals surface area contributed by atoms with E-state index in [0.717, 1.165) is 17.8 Å². The smallest absolute Gasteiger partial charge is 0.340 e. The first kappa shape index (κ1) is 9.80. The maximum Gasteiger partial charge on any atom is 0.340 e. The summed E-state index contributed by atoms with van der Waals surface area (Å²) >= 11 is 7.22. The summed E-state index contributed by atoms with van der Waals surface area (Å²) in [5.74, 6) is -0.337. The second kappa shape index (κ2) is 3.79. The van der Waals surface area contributed by atoms with Crippen LogP contribution in [0.1, 0.15) is 23.2 Å². The molecule has 0 saturated heterocycles. The van der Waals surface area contributed by atoms with Crippen molar-refractivity contribution in [3.8, 4) is 0 Å². The molecule has 0 aromatic carbocycles. The van der Waals surface area contributed by atoms with Gasteiger partial charge in [0.2, 0.25) is 0 Å². The average Bonchev–Trinajstić information content (AvgIpc) is 2.89. The monoisotopic (exact) mass is 231 g/mol. The summed E-state index contributed by atoms with van der Waals surface area (Å²) in [6.07, 6.45) is 2.33. The fraction of sp³-hybridized carbons (Fsp3) is 0.444. The molecule has 14 heavy (non-hydrogen) atoms. The first-order valence-electron chi connectivity index (χ1n) is 4.35. The van der Waals surface area contributed by atoms with E-state index in [1.807, 2.05) is 0 Å². The summed E-state index contributed by atoms with van der Waals surface area (Å²) in [6, 6.07) is 2.15. The van der Waals surface area contributed by atoms with Crippen LogP contribution >= 0.6 is 22.9 Å². The molecule has 0 atom stereocenters. The quantitative estimate of drug-likeness (QED) is 0.813. The van der Waals surface area contributed by atoms with Gasteiger partial charge in [-0.25, -0.2) is 4.79 Å². The Morgan fingerprint density at radius 1 is 1.71 bits per heavy atom. The number of carbonyl (C=O) groups is 1. The maximum atomic E-state index is 11.3. The molecular weight excluding hydrogens is 222 g/mol. The van der Waals surface area contributed by atoms with Crippen LogP contribution in [-0.4, -0.2) is 19.1 Å². The Bertz CT molecular complexity index is 360. The van der Waals surface area contributed by atoms with Crippen LogP contribution in [0.4, 0.5) is 5.00 Å². The van der Waals surface area contributed by atoms with Gasteiger partial charge in [0.15, 0.2) is 0 Å². The van der Waals surface area contributed by atoms with Crippen LogP contribution in [0.2, 0.25) is 4.34 Å². The summed E-state index contributed by atoms with van der Waals surface area (Å²) in [6.45, 7) is 0. The van der Waals surface area contributed by atoms with Gasteiger partial charge in [0.1, 0.15) is 5.00 Å². The second-order valence-electron chi connectivity index (χ2n) is 3.20. The van der Waals surface area contributed by atoms with Crippen molar-refractivity contribution in [3.63, 3.8) is 0 Å². The molecule has 0 radical (unpaired) electrons. The van der Waals surface area contributed by atoms with Crippen LogP contribution < -0.4 is 5.32 Å². The molecule has 3 nitrogen and oxygen atoms in total. The Morgan fingerprint density at radius 3 is 3.00 bits per heavy atom. The molecule has 1 aliphatic rings. The number of thiophene rings is 1. The predicted octanol–water partition coefficient (Wildman–Crippen LogP) is 2.76. The third-order valence-electron chi connectivity index (χ3n) is 2.02. The molecule has 1 aromatic rings. The molecule has 1 saturated carbocycles. The number of nitrogens with one attached hydrogen (secondary N) is 1. The lowest BCUT2D eigenvalue weighted by molar-refractivity contribution is 0.0602. The fourth-order valence-corrected chi connectivity index (χ4v) is 2.33. The van der Waals surface area contributed by atoms with Crippen LogP contribution in [0, 0.1) is 0 Å². The van der Waals surface area contributed by atoms with Crippen molar-refractivity contribution >= 4 is 33.9 Å². The highest BCUT2D eigenvalue weighted by atomic mass is 35.5. The van der Waals surface area contributed by atoms with Gasteiger partial charge in [-0.05, 0) is 18.9 Å². The number of carbonyl (C=O) groups excluding carboxylic acids is 1. The van der Waals surface area contributed by atoms with Gasteiger partial charge in [-0.1, -0.05) is 11.6 Å². The third kappa shape index (κ3) is 2.01. The highest BCUT2D eigenvalue weighted by molar-refractivity contribution is 7.20. The van der Waals surface area contributed by atoms with E-state index in [9.17, 15) is 4.79 Å². The van der Waals surface area contributed by atoms with E-state index in [-0.39, 0.29) is 5.97 Å². The number of halogens is 1. The SMILES string of the molecule is COC(=O)c1cc(Cl)sc1NC1CC1. The first-order valence-corrected chi connectivity index (χ1v) is 5.54. The van der Waals surface area contributed by atoms with Crippen molar-refractivity contribution < 1.29 is 9.53 Å². The lowest BCUT2D eigenvalue weighted by Crippen LogP contribution is -2.06. The van der Waals surface area contributed by atoms with E-state index in [1.54, 1.807) is 6.07 Å². The van der Waals surface area contributed by atoms with Gasteiger partial charge in [-0.15, -0.1) is 11.3 Å². The number of hydrogen-bond acceptors (Lipinski definition) is 4. The minimum Gasteiger partial charge on any atom is -0.465 e. The Hall–Kier alpha value is -0.740. The van der Waals surface area contributed by atoms with Crippen molar-refractivity contribution in [3.05, 3.63) is 16.0 Å². The van der Waals surface area contributed by atoms with Crippen molar-refractivity contribution in [1.29, 1.82) is 0 Å². The van der Waals surface area contributed by atoms with Gasteiger partial charge in [-0.3, -0.25) is 0 Å². The number of hydrogen-bond donors (Lipinski definition) is 1. The van der Waals surface area contributed by atoms with Gasteiger partial charge in [-0.2, -0.15) is 0 Å². The van der Waals surface area contributed by atoms with E-state index >= 15 is 0 Å². The lowest BCUT2D eigenvalue weighted by atomic mass is 10.3. The molecule has 0 unspecified atom stereocenters. The number of anilines is 1. The molecule has 5 heteroatoms. The molecule has 76 valence electrons. The summed E-state index contributed by atoms with van der Waals surface area (Å²) in [7, 11) is 1.37. The van der Waals surface area contributed by atoms with Crippen molar-refractivity contribution in [2.45, 2.75) is 18.9 Å². The molecule has 0 bridgehead atoms. The van der Waals surface area contributed by atoms with E-state index in [2.05, 4.69) is 10.1 Å². The molecule has 1 aromatic heterocycles. The number of ether oxygens (including phenoxy) is 1. The Balaban J connectivity index is 2.22. The highest BCUT2D eigenvalue weighted by Gasteiger charge is 2.25. The molecule has 1 heterocycles. The van der Waals surface area contributed by atoms with E-state index in [0.29, 0.717) is 15.9 Å². The summed E-state index contributed by atoms with van der Waals surface area (Å²) in [5.41, 5.74) is 0.536. The van der Waals surface area contributed by atoms with Crippen molar-refractivity contribution in [2.24, 2.45) is 0 Å². The van der Waals surface area contributed by atoms with Crippen LogP contribution in [0.3, 0.4) is 0 Å². The van der Waals surface area contributed by atoms with Gasteiger partial charge in [0.05, 0.1) is 17.0 Å². The Labute approximate surface area is 91.0 Å². The Morgan fingerprint density at radius 2 is 2.43 bits per heavy atom. The molecule has 0 aliphatic heterocycles. The van der Waals surface area contributed by atoms with E-state index < -0.39 is 0 Å². The topological polar surface area (TPSA) is 38.3 Å². The van der Waals surface area contributed by atoms with Gasteiger partial charge in [0.25, 0.3) is 0 Å². The van der Waals surface area contributed by atoms with Crippen LogP contribution in [0.5, 0.6) is 0 Å². The molecule has 0 amide bonds. The summed E-state index contributed by atoms with van der Waals surface area (Å²) in [4.78, 5) is 11.3. The number of methoxy groups -OCH3 is 1. The zero-order valence-electron chi connectivity index (χ0n) is 7.67.